The fourth-order valence-electron chi connectivity index (χ4n) is 2.58. The zero-order valence-corrected chi connectivity index (χ0v) is 9.63. The van der Waals surface area contributed by atoms with Gasteiger partial charge in [0.1, 0.15) is 0 Å². The van der Waals surface area contributed by atoms with Crippen LogP contribution >= 0.6 is 0 Å². The van der Waals surface area contributed by atoms with Crippen molar-refractivity contribution in [2.24, 2.45) is 5.92 Å². The van der Waals surface area contributed by atoms with Crippen LogP contribution in [0.3, 0.4) is 0 Å². The largest absolute Gasteiger partial charge is 0.310 e. The lowest BCUT2D eigenvalue weighted by Gasteiger charge is -2.34. The Balaban J connectivity index is 1.73. The molecule has 2 nitrogen and oxygen atoms in total. The minimum Gasteiger partial charge on any atom is -0.310 e. The zero-order valence-electron chi connectivity index (χ0n) is 9.63. The molecular formula is C12H24N2. The molecule has 14 heavy (non-hydrogen) atoms. The highest BCUT2D eigenvalue weighted by Gasteiger charge is 2.30. The van der Waals surface area contributed by atoms with E-state index in [9.17, 15) is 0 Å². The number of hydrogen-bond acceptors (Lipinski definition) is 2. The number of likely N-dealkylation sites (tertiary alicyclic amines) is 1. The molecular weight excluding hydrogens is 172 g/mol. The van der Waals surface area contributed by atoms with Crippen LogP contribution in [0.15, 0.2) is 0 Å². The van der Waals surface area contributed by atoms with Gasteiger partial charge in [-0.2, -0.15) is 0 Å². The Morgan fingerprint density at radius 2 is 2.14 bits per heavy atom. The summed E-state index contributed by atoms with van der Waals surface area (Å²) in [5, 5.41) is 3.80. The summed E-state index contributed by atoms with van der Waals surface area (Å²) in [6, 6.07) is 1.52. The molecule has 0 amide bonds. The van der Waals surface area contributed by atoms with Crippen molar-refractivity contribution in [3.63, 3.8) is 0 Å². The third kappa shape index (κ3) is 2.71. The van der Waals surface area contributed by atoms with Gasteiger partial charge < -0.3 is 10.2 Å². The second kappa shape index (κ2) is 4.63. The van der Waals surface area contributed by atoms with Gasteiger partial charge in [-0.25, -0.2) is 0 Å². The highest BCUT2D eigenvalue weighted by Crippen LogP contribution is 2.32. The summed E-state index contributed by atoms with van der Waals surface area (Å²) in [4.78, 5) is 2.57. The standard InChI is InChI=1S/C12H24N2/c1-3-14-8-4-5-12(9-14)13-10(2)11-6-7-11/h10-13H,3-9H2,1-2H3. The topological polar surface area (TPSA) is 15.3 Å². The van der Waals surface area contributed by atoms with Crippen LogP contribution in [0.5, 0.6) is 0 Å². The average Bonchev–Trinajstić information content (AvgIpc) is 3.01. The van der Waals surface area contributed by atoms with Gasteiger partial charge in [0.25, 0.3) is 0 Å². The predicted molar refractivity (Wildman–Crippen MR) is 60.5 cm³/mol. The van der Waals surface area contributed by atoms with E-state index in [1.165, 1.54) is 45.3 Å². The first-order chi connectivity index (χ1) is 6.79. The minimum atomic E-state index is 0.761. The second-order valence-electron chi connectivity index (χ2n) is 5.03. The Labute approximate surface area is 88.1 Å². The van der Waals surface area contributed by atoms with Crippen LogP contribution in [0, 0.1) is 5.92 Å². The van der Waals surface area contributed by atoms with Crippen molar-refractivity contribution in [2.45, 2.75) is 51.6 Å². The molecule has 1 aliphatic carbocycles. The summed E-state index contributed by atoms with van der Waals surface area (Å²) >= 11 is 0. The van der Waals surface area contributed by atoms with E-state index in [1.54, 1.807) is 0 Å². The molecule has 1 aliphatic heterocycles. The third-order valence-electron chi connectivity index (χ3n) is 3.78. The van der Waals surface area contributed by atoms with Gasteiger partial charge in [-0.15, -0.1) is 0 Å². The molecule has 0 spiro atoms. The molecule has 1 heterocycles. The molecule has 2 rings (SSSR count). The Kier molecular flexibility index (Phi) is 3.45. The maximum atomic E-state index is 3.80. The summed E-state index contributed by atoms with van der Waals surface area (Å²) in [5.74, 6) is 0.993. The van der Waals surface area contributed by atoms with Gasteiger partial charge in [0, 0.05) is 18.6 Å². The van der Waals surface area contributed by atoms with Gasteiger partial charge in [0.05, 0.1) is 0 Å². The monoisotopic (exact) mass is 196 g/mol. The predicted octanol–water partition coefficient (Wildman–Crippen LogP) is 1.86. The Morgan fingerprint density at radius 3 is 2.79 bits per heavy atom. The molecule has 1 saturated carbocycles. The molecule has 0 aromatic rings. The second-order valence-corrected chi connectivity index (χ2v) is 5.03. The highest BCUT2D eigenvalue weighted by atomic mass is 15.2. The maximum absolute atomic E-state index is 3.80. The van der Waals surface area contributed by atoms with E-state index in [-0.39, 0.29) is 0 Å². The smallest absolute Gasteiger partial charge is 0.0198 e. The number of hydrogen-bond donors (Lipinski definition) is 1. The number of likely N-dealkylation sites (N-methyl/N-ethyl adjacent to an activating group) is 1. The van der Waals surface area contributed by atoms with Gasteiger partial charge in [-0.1, -0.05) is 6.92 Å². The molecule has 2 aliphatic rings. The number of rotatable bonds is 4. The van der Waals surface area contributed by atoms with Crippen LogP contribution in [-0.4, -0.2) is 36.6 Å². The Hall–Kier alpha value is -0.0800. The van der Waals surface area contributed by atoms with E-state index in [4.69, 9.17) is 0 Å². The SMILES string of the molecule is CCN1CCCC(NC(C)C2CC2)C1. The molecule has 2 heteroatoms. The summed E-state index contributed by atoms with van der Waals surface area (Å²) < 4.78 is 0. The average molecular weight is 196 g/mol. The fourth-order valence-corrected chi connectivity index (χ4v) is 2.58. The van der Waals surface area contributed by atoms with Gasteiger partial charge in [-0.05, 0) is 51.6 Å². The molecule has 1 N–H and O–H groups in total. The molecule has 0 bridgehead atoms. The highest BCUT2D eigenvalue weighted by molar-refractivity contribution is 4.87. The van der Waals surface area contributed by atoms with Crippen molar-refractivity contribution in [2.75, 3.05) is 19.6 Å². The molecule has 0 radical (unpaired) electrons. The molecule has 2 atom stereocenters. The lowest BCUT2D eigenvalue weighted by atomic mass is 10.0. The van der Waals surface area contributed by atoms with Gasteiger partial charge in [0.15, 0.2) is 0 Å². The van der Waals surface area contributed by atoms with E-state index in [0.29, 0.717) is 0 Å². The first-order valence-electron chi connectivity index (χ1n) is 6.28. The molecule has 2 fully saturated rings. The number of nitrogens with zero attached hydrogens (tertiary/aromatic N) is 1. The summed E-state index contributed by atoms with van der Waals surface area (Å²) in [6.45, 7) is 8.44. The normalized spacial score (nSPS) is 31.7. The molecule has 0 aromatic carbocycles. The van der Waals surface area contributed by atoms with Crippen molar-refractivity contribution in [3.8, 4) is 0 Å². The lowest BCUT2D eigenvalue weighted by Crippen LogP contribution is -2.48. The van der Waals surface area contributed by atoms with Crippen LogP contribution in [0.1, 0.15) is 39.5 Å². The van der Waals surface area contributed by atoms with E-state index in [0.717, 1.165) is 18.0 Å². The van der Waals surface area contributed by atoms with Crippen LogP contribution in [0.25, 0.3) is 0 Å². The third-order valence-corrected chi connectivity index (χ3v) is 3.78. The van der Waals surface area contributed by atoms with Crippen molar-refractivity contribution in [1.82, 2.24) is 10.2 Å². The summed E-state index contributed by atoms with van der Waals surface area (Å²) in [6.07, 6.45) is 5.67. The van der Waals surface area contributed by atoms with Gasteiger partial charge in [0.2, 0.25) is 0 Å². The number of piperidine rings is 1. The van der Waals surface area contributed by atoms with Gasteiger partial charge >= 0.3 is 0 Å². The fraction of sp³-hybridized carbons (Fsp3) is 1.00. The van der Waals surface area contributed by atoms with E-state index >= 15 is 0 Å². The van der Waals surface area contributed by atoms with Crippen LogP contribution < -0.4 is 5.32 Å². The van der Waals surface area contributed by atoms with Crippen molar-refractivity contribution < 1.29 is 0 Å². The van der Waals surface area contributed by atoms with Crippen molar-refractivity contribution in [3.05, 3.63) is 0 Å². The van der Waals surface area contributed by atoms with Crippen molar-refractivity contribution >= 4 is 0 Å². The van der Waals surface area contributed by atoms with E-state index < -0.39 is 0 Å². The Bertz CT molecular complexity index is 177. The summed E-state index contributed by atoms with van der Waals surface area (Å²) in [5.41, 5.74) is 0. The van der Waals surface area contributed by atoms with E-state index in [2.05, 4.69) is 24.1 Å². The van der Waals surface area contributed by atoms with Crippen LogP contribution in [-0.2, 0) is 0 Å². The first kappa shape index (κ1) is 10.4. The zero-order chi connectivity index (χ0) is 9.97. The number of nitrogens with one attached hydrogen (secondary N) is 1. The Morgan fingerprint density at radius 1 is 1.36 bits per heavy atom. The molecule has 1 saturated heterocycles. The first-order valence-corrected chi connectivity index (χ1v) is 6.28. The van der Waals surface area contributed by atoms with Crippen LogP contribution in [0.2, 0.25) is 0 Å². The quantitative estimate of drug-likeness (QED) is 0.738. The van der Waals surface area contributed by atoms with Crippen LogP contribution in [0.4, 0.5) is 0 Å². The summed E-state index contributed by atoms with van der Waals surface area (Å²) in [7, 11) is 0. The lowest BCUT2D eigenvalue weighted by molar-refractivity contribution is 0.189. The maximum Gasteiger partial charge on any atom is 0.0198 e. The molecule has 0 aromatic heterocycles. The minimum absolute atomic E-state index is 0.761. The van der Waals surface area contributed by atoms with Gasteiger partial charge in [-0.3, -0.25) is 0 Å². The van der Waals surface area contributed by atoms with E-state index in [1.807, 2.05) is 0 Å². The molecule has 2 unspecified atom stereocenters. The van der Waals surface area contributed by atoms with Crippen molar-refractivity contribution in [1.29, 1.82) is 0 Å². The molecule has 82 valence electrons.